The number of fused-ring (bicyclic) bond motifs is 1. The third-order valence-corrected chi connectivity index (χ3v) is 11.7. The van der Waals surface area contributed by atoms with E-state index < -0.39 is 33.0 Å². The summed E-state index contributed by atoms with van der Waals surface area (Å²) in [5, 5.41) is 3.56. The summed E-state index contributed by atoms with van der Waals surface area (Å²) in [6.45, 7) is 8.30. The van der Waals surface area contributed by atoms with Crippen LogP contribution in [0.2, 0.25) is 0 Å². The first-order valence-electron chi connectivity index (χ1n) is 18.2. The molecule has 0 bridgehead atoms. The monoisotopic (exact) mass is 750 g/mol. The molecule has 1 aliphatic carbocycles. The molecule has 9 nitrogen and oxygen atoms in total. The Kier molecular flexibility index (Phi) is 10.3. The Labute approximate surface area is 308 Å². The molecule has 0 unspecified atom stereocenters. The summed E-state index contributed by atoms with van der Waals surface area (Å²) in [6.07, 6.45) is -0.738. The number of ether oxygens (including phenoxy) is 2. The number of rotatable bonds is 10. The minimum absolute atomic E-state index is 0.0599. The van der Waals surface area contributed by atoms with Gasteiger partial charge in [-0.3, -0.25) is 14.6 Å². The molecule has 4 aromatic rings. The molecule has 1 aromatic heterocycles. The average molecular weight is 751 g/mol. The lowest BCUT2D eigenvalue weighted by atomic mass is 9.93. The first kappa shape index (κ1) is 37.3. The van der Waals surface area contributed by atoms with Gasteiger partial charge < -0.3 is 14.8 Å². The van der Waals surface area contributed by atoms with Crippen LogP contribution in [-0.4, -0.2) is 86.9 Å². The number of pyridine rings is 1. The fourth-order valence-electron chi connectivity index (χ4n) is 7.70. The van der Waals surface area contributed by atoms with Gasteiger partial charge in [0.15, 0.2) is 9.84 Å². The smallest absolute Gasteiger partial charge is 0.416 e. The number of nitrogens with one attached hydrogen (secondary N) is 1. The number of carbonyl (C=O) groups excluding carboxylic acids is 1. The summed E-state index contributed by atoms with van der Waals surface area (Å²) in [4.78, 5) is 24.4. The molecule has 13 heteroatoms. The summed E-state index contributed by atoms with van der Waals surface area (Å²) in [7, 11) is -3.85. The highest BCUT2D eigenvalue weighted by molar-refractivity contribution is 7.90. The number of likely N-dealkylation sites (tertiary alicyclic amines) is 1. The second-order valence-electron chi connectivity index (χ2n) is 14.7. The zero-order chi connectivity index (χ0) is 37.5. The number of halogens is 3. The summed E-state index contributed by atoms with van der Waals surface area (Å²) in [5.74, 6) is -0.383. The van der Waals surface area contributed by atoms with E-state index in [4.69, 9.17) is 14.5 Å². The molecule has 3 aliphatic rings. The van der Waals surface area contributed by atoms with E-state index in [-0.39, 0.29) is 51.0 Å². The molecule has 3 fully saturated rings. The number of nitrogens with zero attached hydrogens (tertiary/aromatic N) is 3. The number of carbonyl (C=O) groups is 1. The molecule has 1 N–H and O–H groups in total. The Morgan fingerprint density at radius 2 is 1.70 bits per heavy atom. The van der Waals surface area contributed by atoms with Gasteiger partial charge in [-0.05, 0) is 76.4 Å². The summed E-state index contributed by atoms with van der Waals surface area (Å²) in [6, 6.07) is 18.0. The van der Waals surface area contributed by atoms with Crippen molar-refractivity contribution in [2.45, 2.75) is 74.8 Å². The molecule has 1 amide bonds. The average Bonchev–Trinajstić information content (AvgIpc) is 3.91. The van der Waals surface area contributed by atoms with Crippen molar-refractivity contribution >= 4 is 26.6 Å². The molecule has 53 heavy (non-hydrogen) atoms. The Balaban J connectivity index is 1.41. The van der Waals surface area contributed by atoms with Crippen molar-refractivity contribution in [1.29, 1.82) is 0 Å². The quantitative estimate of drug-likeness (QED) is 0.189. The van der Waals surface area contributed by atoms with Gasteiger partial charge in [-0.15, -0.1) is 0 Å². The van der Waals surface area contributed by atoms with Crippen LogP contribution in [0.15, 0.2) is 71.6 Å². The zero-order valence-corrected chi connectivity index (χ0v) is 31.0. The fraction of sp³-hybridized carbons (Fsp3) is 0.450. The van der Waals surface area contributed by atoms with Crippen LogP contribution in [0.25, 0.3) is 22.2 Å². The number of benzene rings is 3. The van der Waals surface area contributed by atoms with Crippen LogP contribution in [0.3, 0.4) is 0 Å². The van der Waals surface area contributed by atoms with Crippen molar-refractivity contribution in [3.05, 3.63) is 89.0 Å². The number of hydrogen-bond donors (Lipinski definition) is 1. The number of sulfone groups is 1. The van der Waals surface area contributed by atoms with E-state index in [2.05, 4.69) is 15.1 Å². The number of alkyl halides is 3. The van der Waals surface area contributed by atoms with Gasteiger partial charge in [0, 0.05) is 54.5 Å². The van der Waals surface area contributed by atoms with E-state index in [9.17, 15) is 26.4 Å². The lowest BCUT2D eigenvalue weighted by Gasteiger charge is -2.40. The maximum atomic E-state index is 14.9. The predicted octanol–water partition coefficient (Wildman–Crippen LogP) is 6.83. The molecule has 3 heterocycles. The highest BCUT2D eigenvalue weighted by Gasteiger charge is 2.46. The van der Waals surface area contributed by atoms with Crippen LogP contribution >= 0.6 is 0 Å². The summed E-state index contributed by atoms with van der Waals surface area (Å²) in [5.41, 5.74) is 0.801. The van der Waals surface area contributed by atoms with E-state index in [0.717, 1.165) is 49.9 Å². The van der Waals surface area contributed by atoms with Crippen LogP contribution in [0.4, 0.5) is 13.2 Å². The van der Waals surface area contributed by atoms with Crippen LogP contribution in [-0.2, 0) is 32.8 Å². The normalized spacial score (nSPS) is 18.7. The van der Waals surface area contributed by atoms with Crippen molar-refractivity contribution in [3.63, 3.8) is 0 Å². The highest BCUT2D eigenvalue weighted by Crippen LogP contribution is 2.46. The molecule has 7 rings (SSSR count). The Bertz CT molecular complexity index is 2090. The van der Waals surface area contributed by atoms with Crippen molar-refractivity contribution < 1.29 is 35.9 Å². The van der Waals surface area contributed by atoms with Gasteiger partial charge in [-0.25, -0.2) is 13.4 Å². The van der Waals surface area contributed by atoms with Gasteiger partial charge in [0.2, 0.25) is 0 Å². The third kappa shape index (κ3) is 8.08. The second kappa shape index (κ2) is 14.7. The molecule has 1 saturated carbocycles. The van der Waals surface area contributed by atoms with Gasteiger partial charge in [0.25, 0.3) is 5.91 Å². The van der Waals surface area contributed by atoms with E-state index in [1.807, 2.05) is 30.3 Å². The van der Waals surface area contributed by atoms with Crippen LogP contribution in [0, 0.1) is 0 Å². The lowest BCUT2D eigenvalue weighted by Crippen LogP contribution is -2.48. The number of hydrogen-bond acceptors (Lipinski definition) is 8. The lowest BCUT2D eigenvalue weighted by molar-refractivity contribution is -0.137. The van der Waals surface area contributed by atoms with Gasteiger partial charge >= 0.3 is 6.18 Å². The Morgan fingerprint density at radius 3 is 2.32 bits per heavy atom. The Morgan fingerprint density at radius 1 is 1.00 bits per heavy atom. The fourth-order valence-corrected chi connectivity index (χ4v) is 8.50. The van der Waals surface area contributed by atoms with Crippen LogP contribution < -0.4 is 10.1 Å². The molecule has 3 aromatic carbocycles. The van der Waals surface area contributed by atoms with Crippen LogP contribution in [0.5, 0.6) is 5.75 Å². The minimum atomic E-state index is -4.61. The second-order valence-corrected chi connectivity index (χ2v) is 16.7. The SMILES string of the molecule is CC(C)Oc1cc2nc(-c3cccc(C(F)(F)F)c3)c(CN3CCC(N4CCOCC4)CC3)c(C(=O)NC3(c4ccccc4)CC3)c2cc1S(C)(=O)=O. The third-order valence-electron chi connectivity index (χ3n) is 10.5. The number of amides is 1. The van der Waals surface area contributed by atoms with Crippen molar-refractivity contribution in [2.75, 3.05) is 45.6 Å². The Hall–Kier alpha value is -4.04. The van der Waals surface area contributed by atoms with Gasteiger partial charge in [0.1, 0.15) is 10.6 Å². The van der Waals surface area contributed by atoms with Gasteiger partial charge in [0.05, 0.1) is 47.2 Å². The maximum Gasteiger partial charge on any atom is 0.416 e. The molecule has 2 saturated heterocycles. The number of aromatic nitrogens is 1. The molecule has 0 radical (unpaired) electrons. The standard InChI is InChI=1S/C40H45F3N4O5S/c1-26(2)52-34-24-33-31(23-35(34)53(3,49)50)36(38(48)45-39(14-15-39)28-9-5-4-6-10-28)32(37(44-33)27-8-7-11-29(22-27)40(41,42)43)25-46-16-12-30(13-17-46)47-18-20-51-21-19-47/h4-11,22-24,26,30H,12-21,25H2,1-3H3,(H,45,48). The van der Waals surface area contributed by atoms with E-state index in [0.29, 0.717) is 50.8 Å². The maximum absolute atomic E-state index is 14.9. The first-order chi connectivity index (χ1) is 25.2. The van der Waals surface area contributed by atoms with Gasteiger partial charge in [-0.1, -0.05) is 42.5 Å². The summed E-state index contributed by atoms with van der Waals surface area (Å²) < 4.78 is 80.3. The van der Waals surface area contributed by atoms with Gasteiger partial charge in [-0.2, -0.15) is 13.2 Å². The van der Waals surface area contributed by atoms with E-state index in [1.54, 1.807) is 19.9 Å². The first-order valence-corrected chi connectivity index (χ1v) is 20.1. The predicted molar refractivity (Wildman–Crippen MR) is 197 cm³/mol. The number of morpholine rings is 1. The van der Waals surface area contributed by atoms with Crippen LogP contribution in [0.1, 0.15) is 66.6 Å². The zero-order valence-electron chi connectivity index (χ0n) is 30.2. The minimum Gasteiger partial charge on any atom is -0.490 e. The highest BCUT2D eigenvalue weighted by atomic mass is 32.2. The number of piperidine rings is 1. The van der Waals surface area contributed by atoms with Crippen molar-refractivity contribution in [3.8, 4) is 17.0 Å². The molecule has 0 spiro atoms. The molecule has 0 atom stereocenters. The molecular formula is C40H45F3N4O5S. The molecule has 2 aliphatic heterocycles. The molecular weight excluding hydrogens is 706 g/mol. The largest absolute Gasteiger partial charge is 0.490 e. The summed E-state index contributed by atoms with van der Waals surface area (Å²) >= 11 is 0. The molecule has 282 valence electrons. The van der Waals surface area contributed by atoms with E-state index in [1.165, 1.54) is 18.2 Å². The topological polar surface area (TPSA) is 101 Å². The van der Waals surface area contributed by atoms with E-state index >= 15 is 0 Å². The van der Waals surface area contributed by atoms with Crippen molar-refractivity contribution in [1.82, 2.24) is 20.1 Å². The van der Waals surface area contributed by atoms with Crippen molar-refractivity contribution in [2.24, 2.45) is 0 Å².